The van der Waals surface area contributed by atoms with E-state index in [4.69, 9.17) is 10.9 Å². The molecule has 0 aliphatic heterocycles. The molecule has 1 aromatic rings. The number of aliphatic hydroxyl groups excluding tert-OH is 1. The van der Waals surface area contributed by atoms with Gasteiger partial charge in [-0.25, -0.2) is 5.84 Å². The fraction of sp³-hybridized carbons (Fsp3) is 0.417. The largest absolute Gasteiger partial charge is 0.392 e. The Balaban J connectivity index is 2.75. The van der Waals surface area contributed by atoms with Crippen LogP contribution in [-0.2, 0) is 11.4 Å². The summed E-state index contributed by atoms with van der Waals surface area (Å²) in [7, 11) is 0. The van der Waals surface area contributed by atoms with Crippen molar-refractivity contribution >= 4 is 17.7 Å². The first-order valence-electron chi connectivity index (χ1n) is 5.45. The number of benzene rings is 1. The van der Waals surface area contributed by atoms with Gasteiger partial charge >= 0.3 is 0 Å². The molecule has 4 N–H and O–H groups in total. The highest BCUT2D eigenvalue weighted by Crippen LogP contribution is 2.28. The minimum Gasteiger partial charge on any atom is -0.392 e. The number of carbonyl (C=O) groups is 1. The molecule has 1 atom stereocenters. The minimum absolute atomic E-state index is 0.0296. The normalized spacial score (nSPS) is 12.5. The van der Waals surface area contributed by atoms with Crippen molar-refractivity contribution in [1.82, 2.24) is 5.43 Å². The van der Waals surface area contributed by atoms with Gasteiger partial charge in [-0.1, -0.05) is 26.0 Å². The van der Waals surface area contributed by atoms with Crippen LogP contribution < -0.4 is 11.3 Å². The third-order valence-corrected chi connectivity index (χ3v) is 3.93. The van der Waals surface area contributed by atoms with Gasteiger partial charge in [-0.3, -0.25) is 10.2 Å². The molecule has 1 rings (SSSR count). The van der Waals surface area contributed by atoms with E-state index in [0.717, 1.165) is 10.5 Å². The average Bonchev–Trinajstić information content (AvgIpc) is 2.35. The van der Waals surface area contributed by atoms with E-state index in [1.165, 1.54) is 11.8 Å². The maximum absolute atomic E-state index is 11.6. The van der Waals surface area contributed by atoms with Gasteiger partial charge in [-0.15, -0.1) is 11.8 Å². The van der Waals surface area contributed by atoms with Crippen LogP contribution in [0, 0.1) is 5.92 Å². The number of rotatable bonds is 5. The van der Waals surface area contributed by atoms with Crippen LogP contribution in [0.15, 0.2) is 29.2 Å². The van der Waals surface area contributed by atoms with E-state index in [1.54, 1.807) is 0 Å². The molecule has 5 heteroatoms. The molecule has 1 aromatic carbocycles. The highest BCUT2D eigenvalue weighted by molar-refractivity contribution is 8.00. The maximum atomic E-state index is 11.6. The number of nitrogens with one attached hydrogen (secondary N) is 1. The van der Waals surface area contributed by atoms with E-state index in [0.29, 0.717) is 0 Å². The third kappa shape index (κ3) is 4.03. The van der Waals surface area contributed by atoms with Gasteiger partial charge in [-0.2, -0.15) is 0 Å². The molecule has 0 saturated carbocycles. The average molecular weight is 254 g/mol. The molecular formula is C12H18N2O2S. The summed E-state index contributed by atoms with van der Waals surface area (Å²) in [5, 5.41) is 8.73. The van der Waals surface area contributed by atoms with Crippen molar-refractivity contribution in [1.29, 1.82) is 0 Å². The smallest absolute Gasteiger partial charge is 0.247 e. The summed E-state index contributed by atoms with van der Waals surface area (Å²) in [4.78, 5) is 12.6. The number of amides is 1. The first-order valence-corrected chi connectivity index (χ1v) is 6.33. The molecule has 0 saturated heterocycles. The maximum Gasteiger partial charge on any atom is 0.247 e. The Labute approximate surface area is 106 Å². The van der Waals surface area contributed by atoms with Gasteiger partial charge in [-0.05, 0) is 23.6 Å². The van der Waals surface area contributed by atoms with Gasteiger partial charge in [0.15, 0.2) is 0 Å². The second-order valence-electron chi connectivity index (χ2n) is 4.09. The van der Waals surface area contributed by atoms with Crippen molar-refractivity contribution < 1.29 is 9.90 Å². The van der Waals surface area contributed by atoms with Gasteiger partial charge in [0.2, 0.25) is 5.91 Å². The van der Waals surface area contributed by atoms with Gasteiger partial charge in [0, 0.05) is 4.90 Å². The molecule has 0 heterocycles. The number of carbonyl (C=O) groups excluding carboxylic acids is 1. The molecule has 94 valence electrons. The predicted octanol–water partition coefficient (Wildman–Crippen LogP) is 1.29. The number of hydrazine groups is 1. The number of hydrogen-bond acceptors (Lipinski definition) is 4. The van der Waals surface area contributed by atoms with Crippen LogP contribution in [0.4, 0.5) is 0 Å². The zero-order chi connectivity index (χ0) is 12.8. The zero-order valence-electron chi connectivity index (χ0n) is 10.0. The number of nitrogens with two attached hydrogens (primary N) is 1. The topological polar surface area (TPSA) is 75.3 Å². The van der Waals surface area contributed by atoms with Gasteiger partial charge < -0.3 is 5.11 Å². The Kier molecular flexibility index (Phi) is 5.47. The molecule has 0 radical (unpaired) electrons. The van der Waals surface area contributed by atoms with Crippen LogP contribution in [0.3, 0.4) is 0 Å². The fourth-order valence-electron chi connectivity index (χ4n) is 1.39. The molecule has 0 fully saturated rings. The van der Waals surface area contributed by atoms with E-state index in [9.17, 15) is 4.79 Å². The molecule has 1 unspecified atom stereocenters. The standard InChI is InChI=1S/C12H18N2O2S/c1-8(2)11(12(16)14-13)17-10-5-3-9(7-15)4-6-10/h3-6,8,11,15H,7,13H2,1-2H3,(H,14,16). The summed E-state index contributed by atoms with van der Waals surface area (Å²) in [5.74, 6) is 5.19. The Bertz CT molecular complexity index is 365. The highest BCUT2D eigenvalue weighted by Gasteiger charge is 2.22. The van der Waals surface area contributed by atoms with Crippen LogP contribution in [0.25, 0.3) is 0 Å². The van der Waals surface area contributed by atoms with Crippen molar-refractivity contribution in [3.8, 4) is 0 Å². The van der Waals surface area contributed by atoms with Gasteiger partial charge in [0.1, 0.15) is 0 Å². The molecule has 17 heavy (non-hydrogen) atoms. The van der Waals surface area contributed by atoms with E-state index >= 15 is 0 Å². The van der Waals surface area contributed by atoms with Crippen molar-refractivity contribution in [2.75, 3.05) is 0 Å². The number of hydrogen-bond donors (Lipinski definition) is 3. The summed E-state index contributed by atoms with van der Waals surface area (Å²) in [6.45, 7) is 3.99. The second-order valence-corrected chi connectivity index (χ2v) is 5.31. The quantitative estimate of drug-likeness (QED) is 0.320. The van der Waals surface area contributed by atoms with Crippen molar-refractivity contribution in [3.63, 3.8) is 0 Å². The lowest BCUT2D eigenvalue weighted by Crippen LogP contribution is -2.39. The molecule has 0 aromatic heterocycles. The fourth-order valence-corrected chi connectivity index (χ4v) is 2.43. The van der Waals surface area contributed by atoms with Crippen molar-refractivity contribution in [2.45, 2.75) is 30.6 Å². The summed E-state index contributed by atoms with van der Waals surface area (Å²) in [6.07, 6.45) is 0. The Morgan fingerprint density at radius 2 is 2.00 bits per heavy atom. The van der Waals surface area contributed by atoms with Gasteiger partial charge in [0.25, 0.3) is 0 Å². The van der Waals surface area contributed by atoms with Crippen LogP contribution in [0.1, 0.15) is 19.4 Å². The van der Waals surface area contributed by atoms with Crippen LogP contribution in [0.2, 0.25) is 0 Å². The highest BCUT2D eigenvalue weighted by atomic mass is 32.2. The second kappa shape index (κ2) is 6.64. The Morgan fingerprint density at radius 1 is 1.41 bits per heavy atom. The van der Waals surface area contributed by atoms with Crippen molar-refractivity contribution in [3.05, 3.63) is 29.8 Å². The number of thioether (sulfide) groups is 1. The van der Waals surface area contributed by atoms with Crippen molar-refractivity contribution in [2.24, 2.45) is 11.8 Å². The SMILES string of the molecule is CC(C)C(Sc1ccc(CO)cc1)C(=O)NN. The van der Waals surface area contributed by atoms with E-state index in [1.807, 2.05) is 38.1 Å². The molecule has 0 aliphatic carbocycles. The molecule has 0 aliphatic rings. The summed E-state index contributed by atoms with van der Waals surface area (Å²) < 4.78 is 0. The van der Waals surface area contributed by atoms with Crippen LogP contribution >= 0.6 is 11.8 Å². The zero-order valence-corrected chi connectivity index (χ0v) is 10.8. The lowest BCUT2D eigenvalue weighted by Gasteiger charge is -2.18. The Hall–Kier alpha value is -1.04. The summed E-state index contributed by atoms with van der Waals surface area (Å²) in [5.41, 5.74) is 3.05. The summed E-state index contributed by atoms with van der Waals surface area (Å²) >= 11 is 1.48. The first kappa shape index (κ1) is 14.0. The molecule has 1 amide bonds. The molecule has 0 bridgehead atoms. The van der Waals surface area contributed by atoms with Crippen LogP contribution in [0.5, 0.6) is 0 Å². The van der Waals surface area contributed by atoms with E-state index in [2.05, 4.69) is 5.43 Å². The van der Waals surface area contributed by atoms with E-state index in [-0.39, 0.29) is 23.7 Å². The number of aliphatic hydroxyl groups is 1. The first-order chi connectivity index (χ1) is 8.08. The predicted molar refractivity (Wildman–Crippen MR) is 69.2 cm³/mol. The van der Waals surface area contributed by atoms with Gasteiger partial charge in [0.05, 0.1) is 11.9 Å². The summed E-state index contributed by atoms with van der Waals surface area (Å²) in [6, 6.07) is 7.49. The molecular weight excluding hydrogens is 236 g/mol. The van der Waals surface area contributed by atoms with E-state index < -0.39 is 0 Å². The molecule has 0 spiro atoms. The lowest BCUT2D eigenvalue weighted by molar-refractivity contribution is -0.121. The minimum atomic E-state index is -0.208. The monoisotopic (exact) mass is 254 g/mol. The molecule has 4 nitrogen and oxygen atoms in total. The van der Waals surface area contributed by atoms with Crippen LogP contribution in [-0.4, -0.2) is 16.3 Å². The lowest BCUT2D eigenvalue weighted by atomic mass is 10.1. The third-order valence-electron chi connectivity index (χ3n) is 2.38. The Morgan fingerprint density at radius 3 is 2.41 bits per heavy atom.